The molecule has 25 heavy (non-hydrogen) atoms. The monoisotopic (exact) mass is 340 g/mol. The van der Waals surface area contributed by atoms with E-state index in [0.29, 0.717) is 19.8 Å². The number of nitro benzene ring substituents is 1. The third-order valence-electron chi connectivity index (χ3n) is 3.90. The second-order valence-corrected chi connectivity index (χ2v) is 5.65. The zero-order valence-corrected chi connectivity index (χ0v) is 13.8. The van der Waals surface area contributed by atoms with E-state index in [1.54, 1.807) is 12.1 Å². The van der Waals surface area contributed by atoms with Crippen molar-refractivity contribution >= 4 is 17.3 Å². The Balaban J connectivity index is 1.76. The van der Waals surface area contributed by atoms with Gasteiger partial charge in [-0.25, -0.2) is 4.99 Å². The van der Waals surface area contributed by atoms with E-state index in [4.69, 9.17) is 9.73 Å². The fraction of sp³-hybridized carbons (Fsp3) is 0.278. The summed E-state index contributed by atoms with van der Waals surface area (Å²) in [6.07, 6.45) is 0. The molecule has 2 aromatic rings. The van der Waals surface area contributed by atoms with Crippen LogP contribution < -0.4 is 5.32 Å². The van der Waals surface area contributed by atoms with Crippen molar-refractivity contribution in [2.75, 3.05) is 31.6 Å². The summed E-state index contributed by atoms with van der Waals surface area (Å²) in [6.45, 7) is 3.40. The average Bonchev–Trinajstić information content (AvgIpc) is 2.67. The predicted molar refractivity (Wildman–Crippen MR) is 96.7 cm³/mol. The third-order valence-corrected chi connectivity index (χ3v) is 3.90. The van der Waals surface area contributed by atoms with Gasteiger partial charge in [0.05, 0.1) is 24.7 Å². The zero-order chi connectivity index (χ0) is 17.5. The van der Waals surface area contributed by atoms with Crippen LogP contribution in [-0.2, 0) is 11.3 Å². The Bertz CT molecular complexity index is 726. The molecule has 0 aliphatic carbocycles. The fourth-order valence-corrected chi connectivity index (χ4v) is 2.54. The molecule has 1 heterocycles. The third kappa shape index (κ3) is 4.77. The summed E-state index contributed by atoms with van der Waals surface area (Å²) in [5.41, 5.74) is 1.96. The summed E-state index contributed by atoms with van der Waals surface area (Å²) >= 11 is 0. The van der Waals surface area contributed by atoms with E-state index in [-0.39, 0.29) is 5.69 Å². The largest absolute Gasteiger partial charge is 0.378 e. The molecule has 0 atom stereocenters. The molecule has 0 radical (unpaired) electrons. The smallest absolute Gasteiger partial charge is 0.269 e. The van der Waals surface area contributed by atoms with Gasteiger partial charge in [0.15, 0.2) is 5.96 Å². The van der Waals surface area contributed by atoms with E-state index in [0.717, 1.165) is 30.3 Å². The van der Waals surface area contributed by atoms with Crippen LogP contribution in [-0.4, -0.2) is 42.1 Å². The van der Waals surface area contributed by atoms with Crippen LogP contribution in [0.15, 0.2) is 59.6 Å². The van der Waals surface area contributed by atoms with Gasteiger partial charge in [-0.2, -0.15) is 0 Å². The first kappa shape index (κ1) is 16.9. The molecule has 0 spiro atoms. The average molecular weight is 340 g/mol. The highest BCUT2D eigenvalue weighted by atomic mass is 16.6. The Morgan fingerprint density at radius 3 is 2.44 bits per heavy atom. The van der Waals surface area contributed by atoms with Crippen molar-refractivity contribution in [3.8, 4) is 0 Å². The van der Waals surface area contributed by atoms with Gasteiger partial charge in [-0.05, 0) is 17.7 Å². The van der Waals surface area contributed by atoms with Crippen LogP contribution in [0.1, 0.15) is 5.56 Å². The molecule has 1 fully saturated rings. The van der Waals surface area contributed by atoms with Crippen LogP contribution >= 0.6 is 0 Å². The Kier molecular flexibility index (Phi) is 5.58. The minimum atomic E-state index is -0.407. The number of nitrogens with one attached hydrogen (secondary N) is 1. The number of hydrogen-bond donors (Lipinski definition) is 1. The van der Waals surface area contributed by atoms with Gasteiger partial charge in [0.2, 0.25) is 0 Å². The first-order valence-electron chi connectivity index (χ1n) is 8.15. The van der Waals surface area contributed by atoms with Gasteiger partial charge < -0.3 is 15.0 Å². The topological polar surface area (TPSA) is 80.0 Å². The summed E-state index contributed by atoms with van der Waals surface area (Å²) < 4.78 is 5.41. The summed E-state index contributed by atoms with van der Waals surface area (Å²) in [6, 6.07) is 16.4. The van der Waals surface area contributed by atoms with Gasteiger partial charge in [-0.1, -0.05) is 30.3 Å². The van der Waals surface area contributed by atoms with Crippen molar-refractivity contribution in [1.29, 1.82) is 0 Å². The zero-order valence-electron chi connectivity index (χ0n) is 13.8. The van der Waals surface area contributed by atoms with Crippen molar-refractivity contribution in [2.45, 2.75) is 6.54 Å². The molecular weight excluding hydrogens is 320 g/mol. The van der Waals surface area contributed by atoms with Gasteiger partial charge in [0.1, 0.15) is 0 Å². The van der Waals surface area contributed by atoms with E-state index >= 15 is 0 Å². The number of guanidine groups is 1. The van der Waals surface area contributed by atoms with Crippen LogP contribution in [0.3, 0.4) is 0 Å². The second-order valence-electron chi connectivity index (χ2n) is 5.65. The Morgan fingerprint density at radius 1 is 1.12 bits per heavy atom. The summed E-state index contributed by atoms with van der Waals surface area (Å²) in [4.78, 5) is 17.2. The van der Waals surface area contributed by atoms with E-state index in [9.17, 15) is 10.1 Å². The van der Waals surface area contributed by atoms with E-state index in [1.165, 1.54) is 12.1 Å². The molecule has 0 amide bonds. The number of nitrogens with zero attached hydrogens (tertiary/aromatic N) is 3. The number of ether oxygens (including phenoxy) is 1. The van der Waals surface area contributed by atoms with Crippen LogP contribution in [0.25, 0.3) is 0 Å². The van der Waals surface area contributed by atoms with Gasteiger partial charge in [0, 0.05) is 30.9 Å². The Labute approximate surface area is 146 Å². The molecule has 3 rings (SSSR count). The Hall–Kier alpha value is -2.93. The number of rotatable bonds is 4. The van der Waals surface area contributed by atoms with Crippen molar-refractivity contribution in [2.24, 2.45) is 4.99 Å². The van der Waals surface area contributed by atoms with Crippen LogP contribution in [0.2, 0.25) is 0 Å². The summed E-state index contributed by atoms with van der Waals surface area (Å²) in [5.74, 6) is 0.751. The highest BCUT2D eigenvalue weighted by molar-refractivity contribution is 5.93. The number of anilines is 1. The van der Waals surface area contributed by atoms with Gasteiger partial charge >= 0.3 is 0 Å². The minimum absolute atomic E-state index is 0.0692. The lowest BCUT2D eigenvalue weighted by Crippen LogP contribution is -2.44. The fourth-order valence-electron chi connectivity index (χ4n) is 2.54. The van der Waals surface area contributed by atoms with Crippen LogP contribution in [0.4, 0.5) is 11.4 Å². The molecule has 0 aromatic heterocycles. The second kappa shape index (κ2) is 8.25. The van der Waals surface area contributed by atoms with Crippen LogP contribution in [0.5, 0.6) is 0 Å². The van der Waals surface area contributed by atoms with E-state index < -0.39 is 4.92 Å². The van der Waals surface area contributed by atoms with Gasteiger partial charge in [-0.3, -0.25) is 10.1 Å². The molecule has 1 saturated heterocycles. The summed E-state index contributed by atoms with van der Waals surface area (Å²) in [5, 5.41) is 14.1. The number of benzene rings is 2. The minimum Gasteiger partial charge on any atom is -0.378 e. The molecule has 0 bridgehead atoms. The molecule has 1 aliphatic heterocycles. The lowest BCUT2D eigenvalue weighted by Gasteiger charge is -2.30. The van der Waals surface area contributed by atoms with Crippen LogP contribution in [0, 0.1) is 10.1 Å². The maximum absolute atomic E-state index is 10.8. The number of nitro groups is 1. The molecule has 7 nitrogen and oxygen atoms in total. The Morgan fingerprint density at radius 2 is 1.80 bits per heavy atom. The lowest BCUT2D eigenvalue weighted by molar-refractivity contribution is -0.384. The number of non-ortho nitro benzene ring substituents is 1. The van der Waals surface area contributed by atoms with E-state index in [2.05, 4.69) is 10.2 Å². The lowest BCUT2D eigenvalue weighted by atomic mass is 10.2. The molecule has 7 heteroatoms. The number of hydrogen-bond acceptors (Lipinski definition) is 4. The van der Waals surface area contributed by atoms with Crippen molar-refractivity contribution in [3.63, 3.8) is 0 Å². The van der Waals surface area contributed by atoms with Crippen molar-refractivity contribution < 1.29 is 9.66 Å². The van der Waals surface area contributed by atoms with E-state index in [1.807, 2.05) is 30.3 Å². The standard InChI is InChI=1S/C18H20N4O3/c23-22(24)17-8-6-16(7-9-17)20-18(21-10-12-25-13-11-21)19-14-15-4-2-1-3-5-15/h1-9H,10-14H2,(H,19,20). The number of morpholine rings is 1. The first-order chi connectivity index (χ1) is 12.2. The molecular formula is C18H20N4O3. The SMILES string of the molecule is O=[N+]([O-])c1ccc(NC(=NCc2ccccc2)N2CCOCC2)cc1. The first-order valence-corrected chi connectivity index (χ1v) is 8.15. The normalized spacial score (nSPS) is 15.0. The highest BCUT2D eigenvalue weighted by Gasteiger charge is 2.16. The van der Waals surface area contributed by atoms with Crippen molar-refractivity contribution in [1.82, 2.24) is 4.90 Å². The predicted octanol–water partition coefficient (Wildman–Crippen LogP) is 2.90. The summed E-state index contributed by atoms with van der Waals surface area (Å²) in [7, 11) is 0. The molecule has 130 valence electrons. The maximum Gasteiger partial charge on any atom is 0.269 e. The molecule has 1 N–H and O–H groups in total. The molecule has 0 saturated carbocycles. The molecule has 1 aliphatic rings. The molecule has 0 unspecified atom stereocenters. The van der Waals surface area contributed by atoms with Gasteiger partial charge in [-0.15, -0.1) is 0 Å². The van der Waals surface area contributed by atoms with Gasteiger partial charge in [0.25, 0.3) is 5.69 Å². The quantitative estimate of drug-likeness (QED) is 0.401. The van der Waals surface area contributed by atoms with Crippen molar-refractivity contribution in [3.05, 3.63) is 70.3 Å². The molecule has 2 aromatic carbocycles. The maximum atomic E-state index is 10.8. The highest BCUT2D eigenvalue weighted by Crippen LogP contribution is 2.16. The number of aliphatic imine (C=N–C) groups is 1.